The summed E-state index contributed by atoms with van der Waals surface area (Å²) >= 11 is 0. The summed E-state index contributed by atoms with van der Waals surface area (Å²) in [4.78, 5) is 27.2. The fourth-order valence-corrected chi connectivity index (χ4v) is 5.41. The molecule has 0 aromatic heterocycles. The average Bonchev–Trinajstić information content (AvgIpc) is 2.70. The number of benzene rings is 2. The largest absolute Gasteiger partial charge is 0.372 e. The van der Waals surface area contributed by atoms with Crippen molar-refractivity contribution in [2.45, 2.75) is 70.5 Å². The van der Waals surface area contributed by atoms with Crippen LogP contribution in [-0.2, 0) is 21.1 Å². The molecular weight excluding hydrogens is 464 g/mol. The van der Waals surface area contributed by atoms with E-state index in [1.54, 1.807) is 17.0 Å². The Hall–Kier alpha value is -3.07. The van der Waals surface area contributed by atoms with Gasteiger partial charge in [-0.15, -0.1) is 0 Å². The van der Waals surface area contributed by atoms with Crippen molar-refractivity contribution in [2.24, 2.45) is 11.1 Å². The second kappa shape index (κ2) is 9.18. The number of anilines is 2. The van der Waals surface area contributed by atoms with Gasteiger partial charge in [0.05, 0.1) is 10.9 Å². The highest BCUT2D eigenvalue weighted by molar-refractivity contribution is 7.90. The molecule has 2 aromatic rings. The van der Waals surface area contributed by atoms with Gasteiger partial charge in [-0.1, -0.05) is 26.0 Å². The van der Waals surface area contributed by atoms with Crippen LogP contribution >= 0.6 is 0 Å². The molecule has 0 radical (unpaired) electrons. The molecule has 8 nitrogen and oxygen atoms in total. The van der Waals surface area contributed by atoms with Gasteiger partial charge in [-0.2, -0.15) is 0 Å². The van der Waals surface area contributed by atoms with Gasteiger partial charge in [0.25, 0.3) is 0 Å². The van der Waals surface area contributed by atoms with Crippen molar-refractivity contribution >= 4 is 33.2 Å². The van der Waals surface area contributed by atoms with Crippen molar-refractivity contribution in [1.29, 1.82) is 0 Å². The van der Waals surface area contributed by atoms with Gasteiger partial charge in [0.2, 0.25) is 5.91 Å². The number of carbonyl (C=O) groups is 2. The van der Waals surface area contributed by atoms with Crippen LogP contribution in [0.25, 0.3) is 0 Å². The molecule has 9 heteroatoms. The number of nitrogens with zero attached hydrogens (tertiary/aromatic N) is 1. The van der Waals surface area contributed by atoms with Crippen molar-refractivity contribution in [3.8, 4) is 0 Å². The maximum Gasteiger partial charge on any atom is 0.319 e. The molecule has 4 N–H and O–H groups in total. The molecule has 1 unspecified atom stereocenters. The molecule has 0 saturated heterocycles. The molecule has 0 fully saturated rings. The zero-order valence-corrected chi connectivity index (χ0v) is 22.3. The molecule has 3 amide bonds. The summed E-state index contributed by atoms with van der Waals surface area (Å²) in [6.45, 7) is 11.5. The molecule has 0 spiro atoms. The van der Waals surface area contributed by atoms with Crippen LogP contribution in [0, 0.1) is 5.41 Å². The summed E-state index contributed by atoms with van der Waals surface area (Å²) in [7, 11) is -3.39. The summed E-state index contributed by atoms with van der Waals surface area (Å²) in [6, 6.07) is 11.4. The third-order valence-electron chi connectivity index (χ3n) is 6.27. The third kappa shape index (κ3) is 5.61. The summed E-state index contributed by atoms with van der Waals surface area (Å²) in [5.74, 6) is -0.120. The van der Waals surface area contributed by atoms with Crippen LogP contribution in [0.1, 0.15) is 58.7 Å². The van der Waals surface area contributed by atoms with E-state index >= 15 is 0 Å². The molecule has 1 aliphatic rings. The lowest BCUT2D eigenvalue weighted by molar-refractivity contribution is -0.125. The van der Waals surface area contributed by atoms with Crippen molar-refractivity contribution in [3.63, 3.8) is 0 Å². The molecule has 1 heterocycles. The molecule has 0 aliphatic carbocycles. The van der Waals surface area contributed by atoms with E-state index in [-0.39, 0.29) is 16.8 Å². The molecule has 0 saturated carbocycles. The number of urea groups is 1. The summed E-state index contributed by atoms with van der Waals surface area (Å²) in [5, 5.41) is 6.23. The minimum absolute atomic E-state index is 0.0188. The molecule has 1 atom stereocenters. The predicted octanol–water partition coefficient (Wildman–Crippen LogP) is 4.01. The Kier molecular flexibility index (Phi) is 6.96. The Bertz CT molecular complexity index is 1250. The lowest BCUT2D eigenvalue weighted by atomic mass is 9.71. The number of nitrogens with one attached hydrogen (secondary N) is 2. The number of hydrogen-bond acceptors (Lipinski definition) is 5. The first-order chi connectivity index (χ1) is 16.0. The zero-order chi connectivity index (χ0) is 26.3. The highest BCUT2D eigenvalue weighted by Crippen LogP contribution is 2.49. The third-order valence-corrected chi connectivity index (χ3v) is 7.38. The smallest absolute Gasteiger partial charge is 0.319 e. The minimum atomic E-state index is -3.39. The average molecular weight is 501 g/mol. The SMILES string of the molecule is CC(C)NC(=O)C(C)(C)Nc1cccc(C2N(C(N)=O)c3ccc(S(C)(=O)=O)cc3CC2(C)C)c1. The first-order valence-electron chi connectivity index (χ1n) is 11.6. The number of sulfone groups is 1. The predicted molar refractivity (Wildman–Crippen MR) is 139 cm³/mol. The second-order valence-electron chi connectivity index (χ2n) is 10.8. The molecule has 0 bridgehead atoms. The van der Waals surface area contributed by atoms with Gasteiger partial charge in [0.15, 0.2) is 9.84 Å². The molecule has 3 rings (SSSR count). The van der Waals surface area contributed by atoms with Crippen molar-refractivity contribution < 1.29 is 18.0 Å². The number of nitrogens with two attached hydrogens (primary N) is 1. The number of primary amides is 1. The lowest BCUT2D eigenvalue weighted by Gasteiger charge is -2.47. The summed E-state index contributed by atoms with van der Waals surface area (Å²) in [5.41, 5.74) is 7.52. The minimum Gasteiger partial charge on any atom is -0.372 e. The topological polar surface area (TPSA) is 122 Å². The number of rotatable bonds is 6. The number of carbonyl (C=O) groups excluding carboxylic acids is 2. The van der Waals surface area contributed by atoms with Crippen molar-refractivity contribution in [2.75, 3.05) is 16.5 Å². The molecule has 35 heavy (non-hydrogen) atoms. The highest BCUT2D eigenvalue weighted by Gasteiger charge is 2.43. The van der Waals surface area contributed by atoms with Crippen LogP contribution in [0.5, 0.6) is 0 Å². The Morgan fingerprint density at radius 3 is 2.37 bits per heavy atom. The summed E-state index contributed by atoms with van der Waals surface area (Å²) < 4.78 is 24.2. The van der Waals surface area contributed by atoms with E-state index in [0.29, 0.717) is 12.1 Å². The Labute approximate surface area is 208 Å². The van der Waals surface area contributed by atoms with Crippen LogP contribution < -0.4 is 21.3 Å². The Balaban J connectivity index is 2.04. The molecule has 1 aliphatic heterocycles. The molecular formula is C26H36N4O4S. The maximum absolute atomic E-state index is 12.7. The van der Waals surface area contributed by atoms with Gasteiger partial charge in [0, 0.05) is 23.7 Å². The van der Waals surface area contributed by atoms with Crippen LogP contribution in [-0.4, -0.2) is 38.2 Å². The van der Waals surface area contributed by atoms with E-state index in [4.69, 9.17) is 5.73 Å². The standard InChI is InChI=1S/C26H36N4O4S/c1-16(2)28-23(31)26(5,6)29-19-10-8-9-17(13-19)22-25(3,4)15-18-14-20(35(7,33)34)11-12-21(18)30(22)24(27)32/h8-14,16,22,29H,15H2,1-7H3,(H2,27,32)(H,28,31). The zero-order valence-electron chi connectivity index (χ0n) is 21.5. The van der Waals surface area contributed by atoms with E-state index in [1.165, 1.54) is 12.3 Å². The van der Waals surface area contributed by atoms with Gasteiger partial charge in [-0.3, -0.25) is 9.69 Å². The van der Waals surface area contributed by atoms with Crippen LogP contribution in [0.15, 0.2) is 47.4 Å². The monoisotopic (exact) mass is 500 g/mol. The normalized spacial score (nSPS) is 17.6. The van der Waals surface area contributed by atoms with E-state index < -0.39 is 32.9 Å². The van der Waals surface area contributed by atoms with E-state index in [2.05, 4.69) is 10.6 Å². The quantitative estimate of drug-likeness (QED) is 0.553. The maximum atomic E-state index is 12.7. The molecule has 190 valence electrons. The van der Waals surface area contributed by atoms with Crippen LogP contribution in [0.2, 0.25) is 0 Å². The highest BCUT2D eigenvalue weighted by atomic mass is 32.2. The van der Waals surface area contributed by atoms with Gasteiger partial charge in [-0.05, 0) is 81.0 Å². The van der Waals surface area contributed by atoms with Crippen LogP contribution in [0.3, 0.4) is 0 Å². The first kappa shape index (κ1) is 26.5. The van der Waals surface area contributed by atoms with Gasteiger partial charge in [0.1, 0.15) is 5.54 Å². The van der Waals surface area contributed by atoms with Crippen molar-refractivity contribution in [1.82, 2.24) is 5.32 Å². The number of amides is 3. The van der Waals surface area contributed by atoms with E-state index in [9.17, 15) is 18.0 Å². The van der Waals surface area contributed by atoms with Crippen molar-refractivity contribution in [3.05, 3.63) is 53.6 Å². The van der Waals surface area contributed by atoms with Gasteiger partial charge >= 0.3 is 6.03 Å². The molecule has 2 aromatic carbocycles. The lowest BCUT2D eigenvalue weighted by Crippen LogP contribution is -2.50. The first-order valence-corrected chi connectivity index (χ1v) is 13.5. The van der Waals surface area contributed by atoms with E-state index in [0.717, 1.165) is 16.8 Å². The van der Waals surface area contributed by atoms with E-state index in [1.807, 2.05) is 65.8 Å². The van der Waals surface area contributed by atoms with Gasteiger partial charge < -0.3 is 16.4 Å². The Morgan fingerprint density at radius 1 is 1.14 bits per heavy atom. The Morgan fingerprint density at radius 2 is 1.80 bits per heavy atom. The number of hydrogen-bond donors (Lipinski definition) is 3. The van der Waals surface area contributed by atoms with Gasteiger partial charge in [-0.25, -0.2) is 13.2 Å². The second-order valence-corrected chi connectivity index (χ2v) is 12.9. The fraction of sp³-hybridized carbons (Fsp3) is 0.462. The fourth-order valence-electron chi connectivity index (χ4n) is 4.74. The van der Waals surface area contributed by atoms with Crippen LogP contribution in [0.4, 0.5) is 16.2 Å². The summed E-state index contributed by atoms with van der Waals surface area (Å²) in [6.07, 6.45) is 1.72. The number of fused-ring (bicyclic) bond motifs is 1.